The van der Waals surface area contributed by atoms with Gasteiger partial charge in [-0.1, -0.05) is 28.9 Å². The first-order valence-corrected chi connectivity index (χ1v) is 13.2. The molecule has 1 aliphatic carbocycles. The highest BCUT2D eigenvalue weighted by molar-refractivity contribution is 9.10. The number of carbonyl (C=O) groups excluding carboxylic acids is 1. The van der Waals surface area contributed by atoms with Crippen LogP contribution in [0.3, 0.4) is 0 Å². The minimum atomic E-state index is -3.66. The van der Waals surface area contributed by atoms with Gasteiger partial charge in [0.15, 0.2) is 0 Å². The molecule has 0 unspecified atom stereocenters. The van der Waals surface area contributed by atoms with Gasteiger partial charge in [0.25, 0.3) is 10.0 Å². The van der Waals surface area contributed by atoms with Gasteiger partial charge in [0.1, 0.15) is 5.60 Å². The molecule has 0 aromatic heterocycles. The number of ether oxygens (including phenoxy) is 1. The van der Waals surface area contributed by atoms with Crippen molar-refractivity contribution in [3.63, 3.8) is 0 Å². The van der Waals surface area contributed by atoms with E-state index in [1.165, 1.54) is 0 Å². The van der Waals surface area contributed by atoms with Crippen LogP contribution in [-0.4, -0.2) is 37.6 Å². The van der Waals surface area contributed by atoms with Gasteiger partial charge in [-0.05, 0) is 94.0 Å². The Bertz CT molecular complexity index is 1060. The molecule has 32 heavy (non-hydrogen) atoms. The van der Waals surface area contributed by atoms with Crippen LogP contribution >= 0.6 is 15.9 Å². The molecule has 0 fully saturated rings. The zero-order valence-corrected chi connectivity index (χ0v) is 21.4. The summed E-state index contributed by atoms with van der Waals surface area (Å²) >= 11 is 3.32. The van der Waals surface area contributed by atoms with Gasteiger partial charge in [0.2, 0.25) is 0 Å². The molecule has 0 saturated heterocycles. The number of rotatable bonds is 6. The molecule has 8 heteroatoms. The van der Waals surface area contributed by atoms with E-state index in [-0.39, 0.29) is 17.0 Å². The van der Waals surface area contributed by atoms with Crippen LogP contribution in [0.25, 0.3) is 0 Å². The quantitative estimate of drug-likeness (QED) is 0.523. The van der Waals surface area contributed by atoms with Crippen molar-refractivity contribution in [2.45, 2.75) is 69.9 Å². The molecular formula is C24H31BrN2O4S. The zero-order valence-electron chi connectivity index (χ0n) is 19.0. The summed E-state index contributed by atoms with van der Waals surface area (Å²) < 4.78 is 34.5. The molecule has 1 amide bonds. The lowest BCUT2D eigenvalue weighted by atomic mass is 9.87. The summed E-state index contributed by atoms with van der Waals surface area (Å²) in [5.41, 5.74) is 2.26. The Morgan fingerprint density at radius 2 is 1.84 bits per heavy atom. The van der Waals surface area contributed by atoms with E-state index in [0.717, 1.165) is 41.3 Å². The lowest BCUT2D eigenvalue weighted by Crippen LogP contribution is -2.46. The van der Waals surface area contributed by atoms with Gasteiger partial charge >= 0.3 is 6.09 Å². The van der Waals surface area contributed by atoms with Gasteiger partial charge in [0.05, 0.1) is 4.90 Å². The fourth-order valence-electron chi connectivity index (χ4n) is 3.88. The first-order valence-electron chi connectivity index (χ1n) is 10.9. The Balaban J connectivity index is 1.74. The smallest absolute Gasteiger partial charge is 0.410 e. The van der Waals surface area contributed by atoms with Crippen LogP contribution < -0.4 is 4.72 Å². The Morgan fingerprint density at radius 1 is 1.16 bits per heavy atom. The van der Waals surface area contributed by atoms with Crippen molar-refractivity contribution in [1.29, 1.82) is 0 Å². The standard InChI is InChI=1S/C24H31BrN2O4S/c1-5-14-27(23(28)31-24(2,3)4)21-11-7-17-15-20(10-6-18(17)16-21)26-32(29,30)22-12-8-19(25)9-13-22/h6,8-10,12-13,15,21,26H,5,7,11,14,16H2,1-4H3/t21-/m0/s1. The number of fused-ring (bicyclic) bond motifs is 1. The number of hydrogen-bond donors (Lipinski definition) is 1. The summed E-state index contributed by atoms with van der Waals surface area (Å²) in [6.07, 6.45) is 2.91. The lowest BCUT2D eigenvalue weighted by molar-refractivity contribution is 0.0146. The number of hydrogen-bond acceptors (Lipinski definition) is 4. The maximum Gasteiger partial charge on any atom is 0.410 e. The molecule has 1 atom stereocenters. The van der Waals surface area contributed by atoms with Crippen molar-refractivity contribution in [2.24, 2.45) is 0 Å². The van der Waals surface area contributed by atoms with Gasteiger partial charge in [-0.3, -0.25) is 4.72 Å². The monoisotopic (exact) mass is 522 g/mol. The number of nitrogens with zero attached hydrogens (tertiary/aromatic N) is 1. The topological polar surface area (TPSA) is 75.7 Å². The Labute approximate surface area is 199 Å². The van der Waals surface area contributed by atoms with Crippen LogP contribution in [0, 0.1) is 0 Å². The van der Waals surface area contributed by atoms with Gasteiger partial charge in [-0.25, -0.2) is 13.2 Å². The highest BCUT2D eigenvalue weighted by Crippen LogP contribution is 2.29. The van der Waals surface area contributed by atoms with Gasteiger partial charge < -0.3 is 9.64 Å². The molecule has 1 aliphatic rings. The molecule has 0 aliphatic heterocycles. The molecule has 0 radical (unpaired) electrons. The average molecular weight is 523 g/mol. The molecule has 2 aromatic carbocycles. The highest BCUT2D eigenvalue weighted by atomic mass is 79.9. The van der Waals surface area contributed by atoms with E-state index in [4.69, 9.17) is 4.74 Å². The second kappa shape index (κ2) is 9.83. The number of benzene rings is 2. The first kappa shape index (κ1) is 24.6. The minimum Gasteiger partial charge on any atom is -0.444 e. The molecule has 0 spiro atoms. The third-order valence-electron chi connectivity index (χ3n) is 5.32. The van der Waals surface area contributed by atoms with E-state index in [1.54, 1.807) is 30.3 Å². The summed E-state index contributed by atoms with van der Waals surface area (Å²) in [5, 5.41) is 0. The summed E-state index contributed by atoms with van der Waals surface area (Å²) in [6, 6.07) is 12.3. The van der Waals surface area contributed by atoms with Crippen LogP contribution in [0.2, 0.25) is 0 Å². The third kappa shape index (κ3) is 6.25. The fraction of sp³-hybridized carbons (Fsp3) is 0.458. The second-order valence-corrected chi connectivity index (χ2v) is 11.7. The summed E-state index contributed by atoms with van der Waals surface area (Å²) in [6.45, 7) is 8.34. The largest absolute Gasteiger partial charge is 0.444 e. The van der Waals surface area contributed by atoms with Crippen molar-refractivity contribution in [3.05, 3.63) is 58.1 Å². The highest BCUT2D eigenvalue weighted by Gasteiger charge is 2.30. The number of aryl methyl sites for hydroxylation is 1. The number of halogens is 1. The van der Waals surface area contributed by atoms with Crippen LogP contribution in [0.4, 0.5) is 10.5 Å². The Kier molecular flexibility index (Phi) is 7.55. The van der Waals surface area contributed by atoms with Crippen LogP contribution in [-0.2, 0) is 27.6 Å². The molecule has 1 N–H and O–H groups in total. The van der Waals surface area contributed by atoms with Crippen molar-refractivity contribution < 1.29 is 17.9 Å². The van der Waals surface area contributed by atoms with Crippen LogP contribution in [0.5, 0.6) is 0 Å². The summed E-state index contributed by atoms with van der Waals surface area (Å²) in [4.78, 5) is 14.8. The van der Waals surface area contributed by atoms with E-state index >= 15 is 0 Å². The first-order chi connectivity index (χ1) is 15.0. The average Bonchev–Trinajstić information content (AvgIpc) is 2.70. The normalized spacial score (nSPS) is 16.2. The summed E-state index contributed by atoms with van der Waals surface area (Å²) in [7, 11) is -3.66. The van der Waals surface area contributed by atoms with Crippen LogP contribution in [0.15, 0.2) is 51.8 Å². The Morgan fingerprint density at radius 3 is 2.47 bits per heavy atom. The minimum absolute atomic E-state index is 0.0719. The third-order valence-corrected chi connectivity index (χ3v) is 7.24. The SMILES string of the molecule is CCCN(C(=O)OC(C)(C)C)[C@H]1CCc2cc(NS(=O)(=O)c3ccc(Br)cc3)ccc2C1. The predicted octanol–water partition coefficient (Wildman–Crippen LogP) is 5.75. The molecule has 174 valence electrons. The molecule has 0 heterocycles. The van der Waals surface area contributed by atoms with Crippen molar-refractivity contribution in [2.75, 3.05) is 11.3 Å². The maximum absolute atomic E-state index is 12.8. The van der Waals surface area contributed by atoms with E-state index < -0.39 is 15.6 Å². The fourth-order valence-corrected chi connectivity index (χ4v) is 5.19. The number of nitrogens with one attached hydrogen (secondary N) is 1. The van der Waals surface area contributed by atoms with Gasteiger partial charge in [0, 0.05) is 22.7 Å². The predicted molar refractivity (Wildman–Crippen MR) is 130 cm³/mol. The van der Waals surface area contributed by atoms with E-state index in [2.05, 4.69) is 27.6 Å². The number of sulfonamides is 1. The van der Waals surface area contributed by atoms with Crippen LogP contribution in [0.1, 0.15) is 51.7 Å². The number of carbonyl (C=O) groups is 1. The van der Waals surface area contributed by atoms with E-state index in [1.807, 2.05) is 37.8 Å². The molecular weight excluding hydrogens is 492 g/mol. The van der Waals surface area contributed by atoms with Crippen molar-refractivity contribution in [1.82, 2.24) is 4.90 Å². The van der Waals surface area contributed by atoms with E-state index in [0.29, 0.717) is 12.2 Å². The van der Waals surface area contributed by atoms with Gasteiger partial charge in [-0.2, -0.15) is 0 Å². The molecule has 3 rings (SSSR count). The maximum atomic E-state index is 12.8. The molecule has 0 bridgehead atoms. The molecule has 6 nitrogen and oxygen atoms in total. The van der Waals surface area contributed by atoms with Crippen molar-refractivity contribution in [3.8, 4) is 0 Å². The summed E-state index contributed by atoms with van der Waals surface area (Å²) in [5.74, 6) is 0. The molecule has 0 saturated carbocycles. The zero-order chi connectivity index (χ0) is 23.5. The Hall–Kier alpha value is -2.06. The lowest BCUT2D eigenvalue weighted by Gasteiger charge is -2.36. The van der Waals surface area contributed by atoms with Crippen molar-refractivity contribution >= 4 is 37.7 Å². The number of amides is 1. The second-order valence-electron chi connectivity index (χ2n) is 9.11. The number of anilines is 1. The van der Waals surface area contributed by atoms with Gasteiger partial charge in [-0.15, -0.1) is 0 Å². The molecule has 2 aromatic rings. The van der Waals surface area contributed by atoms with E-state index in [9.17, 15) is 13.2 Å².